The first kappa shape index (κ1) is 15.3. The molecule has 1 aliphatic carbocycles. The lowest BCUT2D eigenvalue weighted by atomic mass is 9.80. The van der Waals surface area contributed by atoms with E-state index < -0.39 is 11.4 Å². The van der Waals surface area contributed by atoms with Crippen molar-refractivity contribution in [2.24, 2.45) is 5.41 Å². The van der Waals surface area contributed by atoms with Crippen LogP contribution in [0.25, 0.3) is 0 Å². The third-order valence-corrected chi connectivity index (χ3v) is 4.81. The number of carboxylic acids is 1. The second-order valence-electron chi connectivity index (χ2n) is 6.54. The van der Waals surface area contributed by atoms with Gasteiger partial charge in [0, 0.05) is 6.04 Å². The molecule has 1 aliphatic heterocycles. The summed E-state index contributed by atoms with van der Waals surface area (Å²) in [5, 5.41) is 12.3. The van der Waals surface area contributed by atoms with Gasteiger partial charge in [-0.25, -0.2) is 0 Å². The van der Waals surface area contributed by atoms with Gasteiger partial charge in [-0.05, 0) is 45.7 Å². The van der Waals surface area contributed by atoms with Gasteiger partial charge in [0.15, 0.2) is 0 Å². The summed E-state index contributed by atoms with van der Waals surface area (Å²) in [7, 11) is 0. The molecule has 0 atom stereocenters. The normalized spacial score (nSPS) is 24.2. The van der Waals surface area contributed by atoms with Crippen molar-refractivity contribution in [2.75, 3.05) is 19.6 Å². The zero-order valence-electron chi connectivity index (χ0n) is 12.4. The van der Waals surface area contributed by atoms with Crippen LogP contribution < -0.4 is 5.32 Å². The summed E-state index contributed by atoms with van der Waals surface area (Å²) in [6.45, 7) is 3.60. The minimum atomic E-state index is -0.719. The average Bonchev–Trinajstić information content (AvgIpc) is 2.42. The summed E-state index contributed by atoms with van der Waals surface area (Å²) in [6.07, 6.45) is 7.16. The zero-order chi connectivity index (χ0) is 14.6. The molecule has 2 rings (SSSR count). The Morgan fingerprint density at radius 2 is 1.80 bits per heavy atom. The monoisotopic (exact) mass is 282 g/mol. The van der Waals surface area contributed by atoms with Crippen molar-refractivity contribution in [3.05, 3.63) is 0 Å². The first-order valence-corrected chi connectivity index (χ1v) is 7.75. The highest BCUT2D eigenvalue weighted by atomic mass is 16.4. The van der Waals surface area contributed by atoms with Crippen LogP contribution in [0.1, 0.15) is 51.9 Å². The first-order chi connectivity index (χ1) is 9.49. The summed E-state index contributed by atoms with van der Waals surface area (Å²) in [5.74, 6) is -0.625. The van der Waals surface area contributed by atoms with Crippen LogP contribution in [0.2, 0.25) is 0 Å². The van der Waals surface area contributed by atoms with Crippen LogP contribution in [-0.4, -0.2) is 47.6 Å². The van der Waals surface area contributed by atoms with E-state index in [0.717, 1.165) is 12.8 Å². The Morgan fingerprint density at radius 3 is 2.35 bits per heavy atom. The molecule has 1 heterocycles. The lowest BCUT2D eigenvalue weighted by Gasteiger charge is -2.36. The molecule has 20 heavy (non-hydrogen) atoms. The van der Waals surface area contributed by atoms with Crippen molar-refractivity contribution < 1.29 is 14.7 Å². The van der Waals surface area contributed by atoms with Crippen LogP contribution in [0.4, 0.5) is 0 Å². The van der Waals surface area contributed by atoms with Gasteiger partial charge in [0.05, 0.1) is 12.0 Å². The van der Waals surface area contributed by atoms with E-state index in [9.17, 15) is 14.7 Å². The minimum Gasteiger partial charge on any atom is -0.481 e. The van der Waals surface area contributed by atoms with Gasteiger partial charge < -0.3 is 10.4 Å². The SMILES string of the molecule is CC1(C(=O)O)CCN(CC(=O)NC2CCCCC2)CC1. The Balaban J connectivity index is 1.72. The molecule has 0 aromatic rings. The van der Waals surface area contributed by atoms with E-state index in [1.807, 2.05) is 0 Å². The quantitative estimate of drug-likeness (QED) is 0.822. The van der Waals surface area contributed by atoms with Crippen LogP contribution in [0.5, 0.6) is 0 Å². The second-order valence-corrected chi connectivity index (χ2v) is 6.54. The number of piperidine rings is 1. The molecule has 1 saturated carbocycles. The minimum absolute atomic E-state index is 0.0934. The molecule has 0 spiro atoms. The van der Waals surface area contributed by atoms with Crippen molar-refractivity contribution in [3.63, 3.8) is 0 Å². The van der Waals surface area contributed by atoms with Gasteiger partial charge in [0.2, 0.25) is 5.91 Å². The molecule has 0 aromatic carbocycles. The van der Waals surface area contributed by atoms with Crippen LogP contribution in [0.15, 0.2) is 0 Å². The van der Waals surface area contributed by atoms with Crippen LogP contribution >= 0.6 is 0 Å². The first-order valence-electron chi connectivity index (χ1n) is 7.75. The molecular formula is C15H26N2O3. The van der Waals surface area contributed by atoms with Crippen molar-refractivity contribution in [2.45, 2.75) is 57.9 Å². The molecule has 2 fully saturated rings. The van der Waals surface area contributed by atoms with Crippen molar-refractivity contribution in [1.82, 2.24) is 10.2 Å². The van der Waals surface area contributed by atoms with Gasteiger partial charge in [0.25, 0.3) is 0 Å². The molecule has 0 bridgehead atoms. The molecule has 0 unspecified atom stereocenters. The fraction of sp³-hybridized carbons (Fsp3) is 0.867. The van der Waals surface area contributed by atoms with Gasteiger partial charge >= 0.3 is 5.97 Å². The Labute approximate surface area is 120 Å². The number of aliphatic carboxylic acids is 1. The highest BCUT2D eigenvalue weighted by Gasteiger charge is 2.37. The Kier molecular flexibility index (Phi) is 5.02. The molecule has 0 radical (unpaired) electrons. The second kappa shape index (κ2) is 6.57. The van der Waals surface area contributed by atoms with Gasteiger partial charge in [0.1, 0.15) is 0 Å². The molecule has 1 amide bonds. The summed E-state index contributed by atoms with van der Waals surface area (Å²) >= 11 is 0. The van der Waals surface area contributed by atoms with E-state index >= 15 is 0 Å². The van der Waals surface area contributed by atoms with Crippen LogP contribution in [-0.2, 0) is 9.59 Å². The van der Waals surface area contributed by atoms with E-state index in [-0.39, 0.29) is 5.91 Å². The highest BCUT2D eigenvalue weighted by molar-refractivity contribution is 5.78. The van der Waals surface area contributed by atoms with Gasteiger partial charge in [-0.15, -0.1) is 0 Å². The fourth-order valence-electron chi connectivity index (χ4n) is 3.14. The lowest BCUT2D eigenvalue weighted by molar-refractivity contribution is -0.150. The maximum atomic E-state index is 12.0. The number of carboxylic acid groups (broad SMARTS) is 1. The van der Waals surface area contributed by atoms with Crippen molar-refractivity contribution >= 4 is 11.9 Å². The summed E-state index contributed by atoms with van der Waals surface area (Å²) < 4.78 is 0. The number of nitrogens with zero attached hydrogens (tertiary/aromatic N) is 1. The van der Waals surface area contributed by atoms with Crippen molar-refractivity contribution in [1.29, 1.82) is 0 Å². The molecule has 114 valence electrons. The maximum Gasteiger partial charge on any atom is 0.309 e. The number of hydrogen-bond donors (Lipinski definition) is 2. The van der Waals surface area contributed by atoms with E-state index in [2.05, 4.69) is 10.2 Å². The van der Waals surface area contributed by atoms with Gasteiger partial charge in [-0.1, -0.05) is 19.3 Å². The predicted molar refractivity (Wildman–Crippen MR) is 76.4 cm³/mol. The third-order valence-electron chi connectivity index (χ3n) is 4.81. The Bertz CT molecular complexity index is 356. The Morgan fingerprint density at radius 1 is 1.20 bits per heavy atom. The van der Waals surface area contributed by atoms with Crippen molar-refractivity contribution in [3.8, 4) is 0 Å². The summed E-state index contributed by atoms with van der Waals surface area (Å²) in [5.41, 5.74) is -0.615. The van der Waals surface area contributed by atoms with E-state index in [4.69, 9.17) is 0 Å². The third kappa shape index (κ3) is 3.95. The largest absolute Gasteiger partial charge is 0.481 e. The lowest BCUT2D eigenvalue weighted by Crippen LogP contribution is -2.48. The van der Waals surface area contributed by atoms with E-state index in [1.54, 1.807) is 6.92 Å². The summed E-state index contributed by atoms with van der Waals surface area (Å²) in [4.78, 5) is 25.2. The molecule has 2 N–H and O–H groups in total. The van der Waals surface area contributed by atoms with E-state index in [1.165, 1.54) is 19.3 Å². The molecule has 5 nitrogen and oxygen atoms in total. The van der Waals surface area contributed by atoms with Gasteiger partial charge in [-0.2, -0.15) is 0 Å². The standard InChI is InChI=1S/C15H26N2O3/c1-15(14(19)20)7-9-17(10-8-15)11-13(18)16-12-5-3-2-4-6-12/h12H,2-11H2,1H3,(H,16,18)(H,19,20). The maximum absolute atomic E-state index is 12.0. The Hall–Kier alpha value is -1.10. The number of likely N-dealkylation sites (tertiary alicyclic amines) is 1. The fourth-order valence-corrected chi connectivity index (χ4v) is 3.14. The molecule has 2 aliphatic rings. The number of hydrogen-bond acceptors (Lipinski definition) is 3. The number of amides is 1. The molecule has 1 saturated heterocycles. The molecule has 0 aromatic heterocycles. The topological polar surface area (TPSA) is 69.6 Å². The van der Waals surface area contributed by atoms with Crippen LogP contribution in [0, 0.1) is 5.41 Å². The highest BCUT2D eigenvalue weighted by Crippen LogP contribution is 2.30. The van der Waals surface area contributed by atoms with Gasteiger partial charge in [-0.3, -0.25) is 14.5 Å². The van der Waals surface area contributed by atoms with E-state index in [0.29, 0.717) is 38.5 Å². The molecular weight excluding hydrogens is 256 g/mol. The number of carbonyl (C=O) groups is 2. The summed E-state index contributed by atoms with van der Waals surface area (Å²) in [6, 6.07) is 0.352. The smallest absolute Gasteiger partial charge is 0.309 e. The molecule has 5 heteroatoms. The zero-order valence-corrected chi connectivity index (χ0v) is 12.4. The average molecular weight is 282 g/mol. The number of nitrogens with one attached hydrogen (secondary N) is 1. The number of carbonyl (C=O) groups excluding carboxylic acids is 1. The van der Waals surface area contributed by atoms with Crippen LogP contribution in [0.3, 0.4) is 0 Å². The number of rotatable bonds is 4. The predicted octanol–water partition coefficient (Wildman–Crippen LogP) is 1.62.